The molecule has 3 atom stereocenters. The molecule has 1 saturated carbocycles. The van der Waals surface area contributed by atoms with Crippen LogP contribution in [0.4, 0.5) is 8.78 Å². The Balaban J connectivity index is 1.78. The predicted octanol–water partition coefficient (Wildman–Crippen LogP) is 2.14. The summed E-state index contributed by atoms with van der Waals surface area (Å²) < 4.78 is 26.3. The molecule has 0 aliphatic heterocycles. The number of hydrogen-bond donors (Lipinski definition) is 3. The largest absolute Gasteiger partial charge is 0.393 e. The first-order valence-electron chi connectivity index (χ1n) is 7.08. The van der Waals surface area contributed by atoms with Gasteiger partial charge in [0.25, 0.3) is 0 Å². The first kappa shape index (κ1) is 15.4. The van der Waals surface area contributed by atoms with E-state index in [2.05, 4.69) is 5.32 Å². The highest BCUT2D eigenvalue weighted by Gasteiger charge is 2.20. The van der Waals surface area contributed by atoms with E-state index < -0.39 is 17.7 Å². The number of nitrogens with one attached hydrogen (secondary N) is 1. The molecule has 1 aromatic carbocycles. The number of benzene rings is 1. The fourth-order valence-electron chi connectivity index (χ4n) is 2.75. The van der Waals surface area contributed by atoms with Gasteiger partial charge < -0.3 is 15.5 Å². The third kappa shape index (κ3) is 4.23. The van der Waals surface area contributed by atoms with Crippen molar-refractivity contribution < 1.29 is 19.0 Å². The fraction of sp³-hybridized carbons (Fsp3) is 0.600. The standard InChI is InChI=1S/C15H21F2NO2/c16-11-4-5-13(14(17)7-11)15(20)9-18-8-10-2-1-3-12(19)6-10/h4-5,7,10,12,15,18-20H,1-3,6,8-9H2. The summed E-state index contributed by atoms with van der Waals surface area (Å²) >= 11 is 0. The van der Waals surface area contributed by atoms with Crippen molar-refractivity contribution in [3.63, 3.8) is 0 Å². The van der Waals surface area contributed by atoms with Crippen LogP contribution in [-0.4, -0.2) is 29.4 Å². The summed E-state index contributed by atoms with van der Waals surface area (Å²) in [6.45, 7) is 0.909. The van der Waals surface area contributed by atoms with Gasteiger partial charge in [-0.3, -0.25) is 0 Å². The summed E-state index contributed by atoms with van der Waals surface area (Å²) in [6, 6.07) is 3.18. The lowest BCUT2D eigenvalue weighted by Gasteiger charge is -2.26. The second-order valence-corrected chi connectivity index (χ2v) is 5.53. The minimum atomic E-state index is -0.996. The Labute approximate surface area is 117 Å². The molecule has 0 amide bonds. The van der Waals surface area contributed by atoms with Gasteiger partial charge in [0.2, 0.25) is 0 Å². The van der Waals surface area contributed by atoms with Crippen LogP contribution in [0, 0.1) is 17.6 Å². The summed E-state index contributed by atoms with van der Waals surface area (Å²) in [7, 11) is 0. The third-order valence-electron chi connectivity index (χ3n) is 3.85. The van der Waals surface area contributed by atoms with E-state index in [0.717, 1.165) is 37.8 Å². The molecule has 0 spiro atoms. The zero-order valence-electron chi connectivity index (χ0n) is 11.4. The Morgan fingerprint density at radius 1 is 1.30 bits per heavy atom. The van der Waals surface area contributed by atoms with Gasteiger partial charge in [0.1, 0.15) is 11.6 Å². The van der Waals surface area contributed by atoms with E-state index in [1.807, 2.05) is 0 Å². The molecule has 0 radical (unpaired) electrons. The van der Waals surface area contributed by atoms with Crippen LogP contribution in [0.15, 0.2) is 18.2 Å². The number of halogens is 2. The van der Waals surface area contributed by atoms with Crippen LogP contribution in [0.2, 0.25) is 0 Å². The van der Waals surface area contributed by atoms with E-state index >= 15 is 0 Å². The molecule has 3 nitrogen and oxygen atoms in total. The molecule has 5 heteroatoms. The van der Waals surface area contributed by atoms with Crippen LogP contribution in [0.1, 0.15) is 37.4 Å². The Kier molecular flexibility index (Phi) is 5.46. The predicted molar refractivity (Wildman–Crippen MR) is 72.2 cm³/mol. The average molecular weight is 285 g/mol. The van der Waals surface area contributed by atoms with Gasteiger partial charge in [0.05, 0.1) is 12.2 Å². The van der Waals surface area contributed by atoms with Crippen LogP contribution in [0.25, 0.3) is 0 Å². The average Bonchev–Trinajstić information content (AvgIpc) is 2.38. The monoisotopic (exact) mass is 285 g/mol. The van der Waals surface area contributed by atoms with Gasteiger partial charge in [0, 0.05) is 18.2 Å². The Morgan fingerprint density at radius 2 is 2.10 bits per heavy atom. The zero-order chi connectivity index (χ0) is 14.5. The first-order valence-corrected chi connectivity index (χ1v) is 7.08. The lowest BCUT2D eigenvalue weighted by Crippen LogP contribution is -2.31. The van der Waals surface area contributed by atoms with Gasteiger partial charge in [-0.15, -0.1) is 0 Å². The SMILES string of the molecule is OC1CCCC(CNCC(O)c2ccc(F)cc2F)C1. The van der Waals surface area contributed by atoms with Crippen molar-refractivity contribution in [2.24, 2.45) is 5.92 Å². The highest BCUT2D eigenvalue weighted by molar-refractivity contribution is 5.21. The number of rotatable bonds is 5. The normalized spacial score (nSPS) is 24.6. The van der Waals surface area contributed by atoms with E-state index in [-0.39, 0.29) is 18.2 Å². The van der Waals surface area contributed by atoms with E-state index in [1.165, 1.54) is 6.07 Å². The highest BCUT2D eigenvalue weighted by Crippen LogP contribution is 2.24. The Hall–Kier alpha value is -1.04. The van der Waals surface area contributed by atoms with Crippen LogP contribution >= 0.6 is 0 Å². The summed E-state index contributed by atoms with van der Waals surface area (Å²) in [5, 5.41) is 22.6. The van der Waals surface area contributed by atoms with E-state index in [1.54, 1.807) is 0 Å². The fourth-order valence-corrected chi connectivity index (χ4v) is 2.75. The minimum absolute atomic E-state index is 0.0996. The molecule has 1 aromatic rings. The minimum Gasteiger partial charge on any atom is -0.393 e. The molecule has 0 heterocycles. The van der Waals surface area contributed by atoms with Crippen molar-refractivity contribution in [3.8, 4) is 0 Å². The van der Waals surface area contributed by atoms with Gasteiger partial charge in [-0.25, -0.2) is 8.78 Å². The lowest BCUT2D eigenvalue weighted by molar-refractivity contribution is 0.0981. The van der Waals surface area contributed by atoms with Gasteiger partial charge in [-0.05, 0) is 37.8 Å². The molecule has 2 rings (SSSR count). The van der Waals surface area contributed by atoms with Crippen LogP contribution in [-0.2, 0) is 0 Å². The van der Waals surface area contributed by atoms with E-state index in [0.29, 0.717) is 12.5 Å². The van der Waals surface area contributed by atoms with Crippen LogP contribution in [0.5, 0.6) is 0 Å². The first-order chi connectivity index (χ1) is 9.56. The van der Waals surface area contributed by atoms with Gasteiger partial charge in [-0.1, -0.05) is 12.5 Å². The second kappa shape index (κ2) is 7.11. The van der Waals surface area contributed by atoms with Crippen molar-refractivity contribution >= 4 is 0 Å². The van der Waals surface area contributed by atoms with Crippen molar-refractivity contribution in [2.75, 3.05) is 13.1 Å². The second-order valence-electron chi connectivity index (χ2n) is 5.53. The van der Waals surface area contributed by atoms with Gasteiger partial charge in [0.15, 0.2) is 0 Å². The Bertz CT molecular complexity index is 442. The maximum absolute atomic E-state index is 13.5. The van der Waals surface area contributed by atoms with Crippen LogP contribution < -0.4 is 5.32 Å². The molecule has 3 N–H and O–H groups in total. The molecular weight excluding hydrogens is 264 g/mol. The smallest absolute Gasteiger partial charge is 0.131 e. The highest BCUT2D eigenvalue weighted by atomic mass is 19.1. The molecule has 20 heavy (non-hydrogen) atoms. The molecule has 112 valence electrons. The molecule has 1 fully saturated rings. The van der Waals surface area contributed by atoms with Gasteiger partial charge in [-0.2, -0.15) is 0 Å². The topological polar surface area (TPSA) is 52.5 Å². The quantitative estimate of drug-likeness (QED) is 0.777. The molecule has 1 aliphatic carbocycles. The number of aliphatic hydroxyl groups is 2. The lowest BCUT2D eigenvalue weighted by atomic mass is 9.87. The molecule has 0 bridgehead atoms. The maximum Gasteiger partial charge on any atom is 0.131 e. The van der Waals surface area contributed by atoms with Crippen molar-refractivity contribution in [3.05, 3.63) is 35.4 Å². The van der Waals surface area contributed by atoms with Crippen LogP contribution in [0.3, 0.4) is 0 Å². The van der Waals surface area contributed by atoms with E-state index in [4.69, 9.17) is 0 Å². The summed E-state index contributed by atoms with van der Waals surface area (Å²) in [5.74, 6) is -0.987. The summed E-state index contributed by atoms with van der Waals surface area (Å²) in [6.07, 6.45) is 2.49. The van der Waals surface area contributed by atoms with Gasteiger partial charge >= 0.3 is 0 Å². The molecular formula is C15H21F2NO2. The zero-order valence-corrected chi connectivity index (χ0v) is 11.4. The molecule has 0 aromatic heterocycles. The number of hydrogen-bond acceptors (Lipinski definition) is 3. The summed E-state index contributed by atoms with van der Waals surface area (Å²) in [4.78, 5) is 0. The van der Waals surface area contributed by atoms with E-state index in [9.17, 15) is 19.0 Å². The molecule has 1 aliphatic rings. The third-order valence-corrected chi connectivity index (χ3v) is 3.85. The van der Waals surface area contributed by atoms with Crippen molar-refractivity contribution in [1.29, 1.82) is 0 Å². The molecule has 0 saturated heterocycles. The maximum atomic E-state index is 13.5. The van der Waals surface area contributed by atoms with Crippen molar-refractivity contribution in [2.45, 2.75) is 37.9 Å². The Morgan fingerprint density at radius 3 is 2.80 bits per heavy atom. The van der Waals surface area contributed by atoms with Crippen molar-refractivity contribution in [1.82, 2.24) is 5.32 Å². The number of aliphatic hydroxyl groups excluding tert-OH is 2. The summed E-state index contributed by atoms with van der Waals surface area (Å²) in [5.41, 5.74) is 0.0996. The molecule has 3 unspecified atom stereocenters.